The van der Waals surface area contributed by atoms with Crippen LogP contribution in [0.3, 0.4) is 0 Å². The van der Waals surface area contributed by atoms with Gasteiger partial charge in [-0.2, -0.15) is 0 Å². The van der Waals surface area contributed by atoms with Crippen LogP contribution in [0, 0.1) is 0 Å². The SMILES string of the molecule is COc1ccccc1C(=O)Nc1cnc(N2CCN(c3ccccn3)CC2)nc1. The molecule has 0 radical (unpaired) electrons. The lowest BCUT2D eigenvalue weighted by atomic mass is 10.2. The van der Waals surface area contributed by atoms with Crippen LogP contribution in [0.5, 0.6) is 5.75 Å². The van der Waals surface area contributed by atoms with Crippen molar-refractivity contribution in [2.75, 3.05) is 48.4 Å². The van der Waals surface area contributed by atoms with E-state index in [0.717, 1.165) is 32.0 Å². The van der Waals surface area contributed by atoms with Crippen molar-refractivity contribution in [3.05, 3.63) is 66.6 Å². The van der Waals surface area contributed by atoms with Gasteiger partial charge in [-0.05, 0) is 24.3 Å². The molecule has 1 aliphatic heterocycles. The number of nitrogens with zero attached hydrogens (tertiary/aromatic N) is 5. The highest BCUT2D eigenvalue weighted by Crippen LogP contribution is 2.20. The Balaban J connectivity index is 1.37. The molecule has 1 amide bonds. The van der Waals surface area contributed by atoms with Gasteiger partial charge in [-0.1, -0.05) is 18.2 Å². The van der Waals surface area contributed by atoms with Crippen LogP contribution in [-0.2, 0) is 0 Å². The lowest BCUT2D eigenvalue weighted by Gasteiger charge is -2.35. The van der Waals surface area contributed by atoms with E-state index in [1.165, 1.54) is 7.11 Å². The maximum absolute atomic E-state index is 12.5. The fourth-order valence-electron chi connectivity index (χ4n) is 3.26. The molecule has 1 N–H and O–H groups in total. The Morgan fingerprint density at radius 1 is 0.931 bits per heavy atom. The fraction of sp³-hybridized carbons (Fsp3) is 0.238. The standard InChI is InChI=1S/C21H22N6O2/c1-29-18-7-3-2-6-17(18)20(28)25-16-14-23-21(24-15-16)27-12-10-26(11-13-27)19-8-4-5-9-22-19/h2-9,14-15H,10-13H2,1H3,(H,25,28). The van der Waals surface area contributed by atoms with Crippen molar-refractivity contribution in [2.45, 2.75) is 0 Å². The highest BCUT2D eigenvalue weighted by Gasteiger charge is 2.20. The van der Waals surface area contributed by atoms with Crippen LogP contribution in [0.1, 0.15) is 10.4 Å². The van der Waals surface area contributed by atoms with Crippen LogP contribution in [0.15, 0.2) is 61.1 Å². The van der Waals surface area contributed by atoms with E-state index in [2.05, 4.69) is 30.1 Å². The second-order valence-corrected chi connectivity index (χ2v) is 6.59. The summed E-state index contributed by atoms with van der Waals surface area (Å²) in [4.78, 5) is 30.1. The number of carbonyl (C=O) groups excluding carboxylic acids is 1. The summed E-state index contributed by atoms with van der Waals surface area (Å²) in [5.41, 5.74) is 1.00. The first-order chi connectivity index (χ1) is 14.2. The average Bonchev–Trinajstić information content (AvgIpc) is 2.80. The normalized spacial score (nSPS) is 13.8. The summed E-state index contributed by atoms with van der Waals surface area (Å²) in [6.07, 6.45) is 5.06. The first-order valence-corrected chi connectivity index (χ1v) is 9.42. The van der Waals surface area contributed by atoms with Gasteiger partial charge in [0.2, 0.25) is 5.95 Å². The molecule has 8 heteroatoms. The lowest BCUT2D eigenvalue weighted by molar-refractivity contribution is 0.102. The number of piperazine rings is 1. The molecule has 0 spiro atoms. The number of rotatable bonds is 5. The monoisotopic (exact) mass is 390 g/mol. The van der Waals surface area contributed by atoms with E-state index in [-0.39, 0.29) is 5.91 Å². The molecular weight excluding hydrogens is 368 g/mol. The van der Waals surface area contributed by atoms with Gasteiger partial charge < -0.3 is 19.9 Å². The molecule has 0 aliphatic carbocycles. The number of methoxy groups -OCH3 is 1. The second-order valence-electron chi connectivity index (χ2n) is 6.59. The molecule has 0 bridgehead atoms. The van der Waals surface area contributed by atoms with Crippen LogP contribution < -0.4 is 19.9 Å². The third-order valence-electron chi connectivity index (χ3n) is 4.78. The van der Waals surface area contributed by atoms with E-state index in [9.17, 15) is 4.79 Å². The van der Waals surface area contributed by atoms with Crippen molar-refractivity contribution in [1.29, 1.82) is 0 Å². The van der Waals surface area contributed by atoms with Gasteiger partial charge in [-0.25, -0.2) is 15.0 Å². The van der Waals surface area contributed by atoms with Gasteiger partial charge in [0.1, 0.15) is 11.6 Å². The summed E-state index contributed by atoms with van der Waals surface area (Å²) < 4.78 is 5.24. The van der Waals surface area contributed by atoms with Gasteiger partial charge in [0.25, 0.3) is 5.91 Å². The van der Waals surface area contributed by atoms with Gasteiger partial charge in [0.05, 0.1) is 30.8 Å². The first kappa shape index (κ1) is 18.7. The number of hydrogen-bond donors (Lipinski definition) is 1. The number of ether oxygens (including phenoxy) is 1. The second kappa shape index (κ2) is 8.55. The number of aromatic nitrogens is 3. The van der Waals surface area contributed by atoms with Gasteiger partial charge >= 0.3 is 0 Å². The zero-order chi connectivity index (χ0) is 20.1. The van der Waals surface area contributed by atoms with Crippen molar-refractivity contribution in [3.8, 4) is 5.75 Å². The number of nitrogens with one attached hydrogen (secondary N) is 1. The molecule has 1 aliphatic rings. The molecule has 3 heterocycles. The van der Waals surface area contributed by atoms with E-state index in [1.54, 1.807) is 30.6 Å². The number of pyridine rings is 1. The zero-order valence-corrected chi connectivity index (χ0v) is 16.2. The minimum absolute atomic E-state index is 0.261. The summed E-state index contributed by atoms with van der Waals surface area (Å²) >= 11 is 0. The molecule has 0 atom stereocenters. The fourth-order valence-corrected chi connectivity index (χ4v) is 3.26. The van der Waals surface area contributed by atoms with Crippen LogP contribution in [-0.4, -0.2) is 54.1 Å². The Morgan fingerprint density at radius 2 is 1.62 bits per heavy atom. The Bertz CT molecular complexity index is 956. The maximum Gasteiger partial charge on any atom is 0.259 e. The Labute approximate surface area is 169 Å². The van der Waals surface area contributed by atoms with E-state index in [1.807, 2.05) is 30.5 Å². The molecule has 1 fully saturated rings. The third-order valence-corrected chi connectivity index (χ3v) is 4.78. The van der Waals surface area contributed by atoms with E-state index >= 15 is 0 Å². The summed E-state index contributed by atoms with van der Waals surface area (Å²) in [5.74, 6) is 1.90. The average molecular weight is 390 g/mol. The minimum Gasteiger partial charge on any atom is -0.496 e. The van der Waals surface area contributed by atoms with Crippen molar-refractivity contribution in [2.24, 2.45) is 0 Å². The van der Waals surface area contributed by atoms with Gasteiger partial charge in [-0.3, -0.25) is 4.79 Å². The van der Waals surface area contributed by atoms with Crippen LogP contribution in [0.2, 0.25) is 0 Å². The van der Waals surface area contributed by atoms with Crippen LogP contribution >= 0.6 is 0 Å². The first-order valence-electron chi connectivity index (χ1n) is 9.42. The predicted octanol–water partition coefficient (Wildman–Crippen LogP) is 2.46. The van der Waals surface area contributed by atoms with Crippen LogP contribution in [0.25, 0.3) is 0 Å². The van der Waals surface area contributed by atoms with Gasteiger partial charge in [0, 0.05) is 32.4 Å². The quantitative estimate of drug-likeness (QED) is 0.716. The number of benzene rings is 1. The highest BCUT2D eigenvalue weighted by atomic mass is 16.5. The van der Waals surface area contributed by atoms with Crippen molar-refractivity contribution >= 4 is 23.4 Å². The Hall–Kier alpha value is -3.68. The molecule has 29 heavy (non-hydrogen) atoms. The topological polar surface area (TPSA) is 83.5 Å². The van der Waals surface area contributed by atoms with Crippen molar-refractivity contribution < 1.29 is 9.53 Å². The number of anilines is 3. The largest absolute Gasteiger partial charge is 0.496 e. The number of amides is 1. The van der Waals surface area contributed by atoms with Gasteiger partial charge in [-0.15, -0.1) is 0 Å². The lowest BCUT2D eigenvalue weighted by Crippen LogP contribution is -2.47. The van der Waals surface area contributed by atoms with Crippen LogP contribution in [0.4, 0.5) is 17.5 Å². The van der Waals surface area contributed by atoms with Gasteiger partial charge in [0.15, 0.2) is 0 Å². The molecule has 148 valence electrons. The third kappa shape index (κ3) is 4.26. The summed E-state index contributed by atoms with van der Waals surface area (Å²) in [7, 11) is 1.54. The van der Waals surface area contributed by atoms with Crippen molar-refractivity contribution in [3.63, 3.8) is 0 Å². The molecular formula is C21H22N6O2. The minimum atomic E-state index is -0.261. The highest BCUT2D eigenvalue weighted by molar-refractivity contribution is 6.06. The van der Waals surface area contributed by atoms with E-state index in [0.29, 0.717) is 22.9 Å². The Morgan fingerprint density at radius 3 is 2.31 bits per heavy atom. The summed E-state index contributed by atoms with van der Waals surface area (Å²) in [6.45, 7) is 3.33. The molecule has 0 unspecified atom stereocenters. The molecule has 4 rings (SSSR count). The summed E-state index contributed by atoms with van der Waals surface area (Å²) in [6, 6.07) is 13.0. The van der Waals surface area contributed by atoms with E-state index < -0.39 is 0 Å². The number of carbonyl (C=O) groups is 1. The maximum atomic E-state index is 12.5. The molecule has 2 aromatic heterocycles. The van der Waals surface area contributed by atoms with Crippen molar-refractivity contribution in [1.82, 2.24) is 15.0 Å². The summed E-state index contributed by atoms with van der Waals surface area (Å²) in [5, 5.41) is 2.81. The Kier molecular flexibility index (Phi) is 5.51. The molecule has 0 saturated carbocycles. The number of hydrogen-bond acceptors (Lipinski definition) is 7. The smallest absolute Gasteiger partial charge is 0.259 e. The predicted molar refractivity (Wildman–Crippen MR) is 112 cm³/mol. The molecule has 1 saturated heterocycles. The molecule has 3 aromatic rings. The van der Waals surface area contributed by atoms with E-state index in [4.69, 9.17) is 4.74 Å². The number of para-hydroxylation sites is 1. The molecule has 1 aromatic carbocycles. The zero-order valence-electron chi connectivity index (χ0n) is 16.2. The molecule has 8 nitrogen and oxygen atoms in total.